The van der Waals surface area contributed by atoms with E-state index in [2.05, 4.69) is 9.88 Å². The molecule has 0 radical (unpaired) electrons. The van der Waals surface area contributed by atoms with E-state index in [1.807, 2.05) is 37.4 Å². The van der Waals surface area contributed by atoms with Gasteiger partial charge in [0.1, 0.15) is 18.5 Å². The zero-order valence-corrected chi connectivity index (χ0v) is 13.6. The van der Waals surface area contributed by atoms with Crippen molar-refractivity contribution in [3.63, 3.8) is 0 Å². The number of H-pyrrole nitrogens is 1. The Hall–Kier alpha value is -1.56. The summed E-state index contributed by atoms with van der Waals surface area (Å²) in [6.07, 6.45) is 4.07. The first kappa shape index (κ1) is 16.3. The summed E-state index contributed by atoms with van der Waals surface area (Å²) in [6.45, 7) is 3.69. The quantitative estimate of drug-likeness (QED) is 0.732. The summed E-state index contributed by atoms with van der Waals surface area (Å²) in [5, 5.41) is 20.9. The van der Waals surface area contributed by atoms with Crippen LogP contribution in [0.4, 0.5) is 0 Å². The summed E-state index contributed by atoms with van der Waals surface area (Å²) in [5.41, 5.74) is 1.04. The standard InChI is InChI=1S/C18H26N2O3/c1-13(21)10-14-4-3-9-20(14)11-15(22)12-23-18-6-2-5-17-16(18)7-8-19-17/h2,5-8,13-15,19,21-22H,3-4,9-12H2,1H3. The third kappa shape index (κ3) is 4.05. The van der Waals surface area contributed by atoms with Gasteiger partial charge in [-0.3, -0.25) is 4.90 Å². The van der Waals surface area contributed by atoms with Crippen LogP contribution in [0.25, 0.3) is 10.9 Å². The molecule has 1 fully saturated rings. The Morgan fingerprint density at radius 3 is 3.04 bits per heavy atom. The molecule has 0 bridgehead atoms. The number of aromatic nitrogens is 1. The van der Waals surface area contributed by atoms with E-state index in [4.69, 9.17) is 4.74 Å². The van der Waals surface area contributed by atoms with Crippen LogP contribution in [0.5, 0.6) is 5.75 Å². The molecule has 1 saturated heterocycles. The van der Waals surface area contributed by atoms with Crippen molar-refractivity contribution in [2.75, 3.05) is 19.7 Å². The summed E-state index contributed by atoms with van der Waals surface area (Å²) in [4.78, 5) is 5.43. The van der Waals surface area contributed by atoms with Gasteiger partial charge in [-0.25, -0.2) is 0 Å². The number of rotatable bonds is 7. The van der Waals surface area contributed by atoms with Crippen molar-refractivity contribution in [1.29, 1.82) is 0 Å². The molecule has 5 nitrogen and oxygen atoms in total. The first-order chi connectivity index (χ1) is 11.1. The lowest BCUT2D eigenvalue weighted by Gasteiger charge is -2.27. The first-order valence-electron chi connectivity index (χ1n) is 8.42. The molecule has 0 saturated carbocycles. The van der Waals surface area contributed by atoms with E-state index in [1.54, 1.807) is 0 Å². The number of ether oxygens (including phenoxy) is 1. The number of aliphatic hydroxyl groups excluding tert-OH is 2. The number of β-amino-alcohol motifs (C(OH)–C–C–N with tert-alkyl or cyclic N) is 1. The third-order valence-corrected chi connectivity index (χ3v) is 4.54. The Labute approximate surface area is 136 Å². The fourth-order valence-electron chi connectivity index (χ4n) is 3.49. The molecule has 126 valence electrons. The molecule has 1 aliphatic rings. The molecule has 3 unspecified atom stereocenters. The minimum Gasteiger partial charge on any atom is -0.490 e. The second-order valence-electron chi connectivity index (χ2n) is 6.54. The average Bonchev–Trinajstić information content (AvgIpc) is 3.14. The van der Waals surface area contributed by atoms with E-state index in [1.165, 1.54) is 0 Å². The second kappa shape index (κ2) is 7.34. The molecule has 3 rings (SSSR count). The maximum atomic E-state index is 10.3. The summed E-state index contributed by atoms with van der Waals surface area (Å²) >= 11 is 0. The Balaban J connectivity index is 1.53. The van der Waals surface area contributed by atoms with Crippen LogP contribution in [0.3, 0.4) is 0 Å². The van der Waals surface area contributed by atoms with E-state index >= 15 is 0 Å². The largest absolute Gasteiger partial charge is 0.490 e. The maximum absolute atomic E-state index is 10.3. The van der Waals surface area contributed by atoms with Gasteiger partial charge in [-0.15, -0.1) is 0 Å². The molecule has 1 aromatic carbocycles. The predicted molar refractivity (Wildman–Crippen MR) is 90.7 cm³/mol. The molecular formula is C18H26N2O3. The van der Waals surface area contributed by atoms with E-state index in [0.717, 1.165) is 42.5 Å². The highest BCUT2D eigenvalue weighted by molar-refractivity contribution is 5.85. The van der Waals surface area contributed by atoms with Crippen LogP contribution in [-0.2, 0) is 0 Å². The molecule has 0 aliphatic carbocycles. The molecule has 3 N–H and O–H groups in total. The predicted octanol–water partition coefficient (Wildman–Crippen LogP) is 2.14. The SMILES string of the molecule is CC(O)CC1CCCN1CC(O)COc1cccc2[nH]ccc12. The topological polar surface area (TPSA) is 68.7 Å². The minimum atomic E-state index is -0.529. The number of aliphatic hydroxyl groups is 2. The minimum absolute atomic E-state index is 0.280. The highest BCUT2D eigenvalue weighted by atomic mass is 16.5. The first-order valence-corrected chi connectivity index (χ1v) is 8.42. The van der Waals surface area contributed by atoms with E-state index < -0.39 is 6.10 Å². The van der Waals surface area contributed by atoms with Gasteiger partial charge in [-0.1, -0.05) is 6.07 Å². The van der Waals surface area contributed by atoms with Gasteiger partial charge in [0.25, 0.3) is 0 Å². The summed E-state index contributed by atoms with van der Waals surface area (Å²) in [6, 6.07) is 8.23. The molecule has 1 aliphatic heterocycles. The zero-order chi connectivity index (χ0) is 16.2. The molecule has 5 heteroatoms. The van der Waals surface area contributed by atoms with Gasteiger partial charge in [-0.05, 0) is 50.9 Å². The van der Waals surface area contributed by atoms with Crippen molar-refractivity contribution < 1.29 is 14.9 Å². The van der Waals surface area contributed by atoms with Gasteiger partial charge >= 0.3 is 0 Å². The molecule has 1 aromatic heterocycles. The number of likely N-dealkylation sites (tertiary alicyclic amines) is 1. The van der Waals surface area contributed by atoms with Crippen molar-refractivity contribution in [2.24, 2.45) is 0 Å². The van der Waals surface area contributed by atoms with Gasteiger partial charge in [-0.2, -0.15) is 0 Å². The molecule has 23 heavy (non-hydrogen) atoms. The van der Waals surface area contributed by atoms with Crippen LogP contribution in [0.15, 0.2) is 30.5 Å². The molecule has 2 heterocycles. The fraction of sp³-hybridized carbons (Fsp3) is 0.556. The number of benzene rings is 1. The summed E-state index contributed by atoms with van der Waals surface area (Å²) in [5.74, 6) is 0.796. The van der Waals surface area contributed by atoms with Gasteiger partial charge < -0.3 is 19.9 Å². The van der Waals surface area contributed by atoms with Crippen LogP contribution in [0, 0.1) is 0 Å². The smallest absolute Gasteiger partial charge is 0.128 e. The second-order valence-corrected chi connectivity index (χ2v) is 6.54. The Bertz CT molecular complexity index is 626. The Morgan fingerprint density at radius 2 is 2.22 bits per heavy atom. The van der Waals surface area contributed by atoms with Crippen LogP contribution < -0.4 is 4.74 Å². The summed E-state index contributed by atoms with van der Waals surface area (Å²) in [7, 11) is 0. The molecule has 0 spiro atoms. The number of hydrogen-bond donors (Lipinski definition) is 3. The van der Waals surface area contributed by atoms with Crippen molar-refractivity contribution in [2.45, 2.75) is 44.4 Å². The van der Waals surface area contributed by atoms with Crippen molar-refractivity contribution in [3.8, 4) is 5.75 Å². The number of aromatic amines is 1. The molecule has 2 aromatic rings. The summed E-state index contributed by atoms with van der Waals surface area (Å²) < 4.78 is 5.82. The van der Waals surface area contributed by atoms with E-state index in [9.17, 15) is 10.2 Å². The molecular weight excluding hydrogens is 292 g/mol. The maximum Gasteiger partial charge on any atom is 0.128 e. The van der Waals surface area contributed by atoms with Gasteiger partial charge in [0.15, 0.2) is 0 Å². The fourth-order valence-corrected chi connectivity index (χ4v) is 3.49. The lowest BCUT2D eigenvalue weighted by molar-refractivity contribution is 0.0541. The number of hydrogen-bond acceptors (Lipinski definition) is 4. The van der Waals surface area contributed by atoms with Crippen LogP contribution in [0.1, 0.15) is 26.2 Å². The zero-order valence-electron chi connectivity index (χ0n) is 13.6. The van der Waals surface area contributed by atoms with Gasteiger partial charge in [0, 0.05) is 29.7 Å². The number of fused-ring (bicyclic) bond motifs is 1. The monoisotopic (exact) mass is 318 g/mol. The van der Waals surface area contributed by atoms with Crippen molar-refractivity contribution >= 4 is 10.9 Å². The third-order valence-electron chi connectivity index (χ3n) is 4.54. The van der Waals surface area contributed by atoms with Gasteiger partial charge in [0.2, 0.25) is 0 Å². The van der Waals surface area contributed by atoms with Crippen LogP contribution in [0.2, 0.25) is 0 Å². The number of nitrogens with zero attached hydrogens (tertiary/aromatic N) is 1. The number of nitrogens with one attached hydrogen (secondary N) is 1. The van der Waals surface area contributed by atoms with E-state index in [-0.39, 0.29) is 12.7 Å². The molecule has 0 amide bonds. The highest BCUT2D eigenvalue weighted by Gasteiger charge is 2.27. The highest BCUT2D eigenvalue weighted by Crippen LogP contribution is 2.25. The Morgan fingerprint density at radius 1 is 1.35 bits per heavy atom. The van der Waals surface area contributed by atoms with Gasteiger partial charge in [0.05, 0.1) is 6.10 Å². The van der Waals surface area contributed by atoms with Crippen LogP contribution >= 0.6 is 0 Å². The van der Waals surface area contributed by atoms with Crippen molar-refractivity contribution in [1.82, 2.24) is 9.88 Å². The lowest BCUT2D eigenvalue weighted by atomic mass is 10.1. The Kier molecular flexibility index (Phi) is 5.20. The normalized spacial score (nSPS) is 21.6. The van der Waals surface area contributed by atoms with Crippen LogP contribution in [-0.4, -0.2) is 58.0 Å². The van der Waals surface area contributed by atoms with Crippen molar-refractivity contribution in [3.05, 3.63) is 30.5 Å². The van der Waals surface area contributed by atoms with E-state index in [0.29, 0.717) is 12.6 Å². The lowest BCUT2D eigenvalue weighted by Crippen LogP contribution is -2.39. The molecule has 3 atom stereocenters. The average molecular weight is 318 g/mol.